The van der Waals surface area contributed by atoms with Crippen molar-refractivity contribution in [1.29, 1.82) is 0 Å². The minimum absolute atomic E-state index is 0.191. The highest BCUT2D eigenvalue weighted by Gasteiger charge is 2.12. The smallest absolute Gasteiger partial charge is 0.331 e. The Balaban J connectivity index is 1.90. The predicted molar refractivity (Wildman–Crippen MR) is 115 cm³/mol. The van der Waals surface area contributed by atoms with Crippen LogP contribution in [0.1, 0.15) is 12.5 Å². The van der Waals surface area contributed by atoms with Crippen LogP contribution in [0.25, 0.3) is 6.08 Å². The summed E-state index contributed by atoms with van der Waals surface area (Å²) in [5, 5.41) is 5.22. The van der Waals surface area contributed by atoms with E-state index in [1.165, 1.54) is 40.4 Å². The lowest BCUT2D eigenvalue weighted by atomic mass is 10.1. The van der Waals surface area contributed by atoms with E-state index in [4.69, 9.17) is 18.9 Å². The van der Waals surface area contributed by atoms with Crippen molar-refractivity contribution in [3.8, 4) is 17.2 Å². The minimum atomic E-state index is -0.690. The lowest BCUT2D eigenvalue weighted by Crippen LogP contribution is -2.20. The summed E-state index contributed by atoms with van der Waals surface area (Å²) in [4.78, 5) is 34.9. The second kappa shape index (κ2) is 11.2. The zero-order valence-corrected chi connectivity index (χ0v) is 17.7. The van der Waals surface area contributed by atoms with Crippen LogP contribution < -0.4 is 24.8 Å². The minimum Gasteiger partial charge on any atom is -0.493 e. The molecule has 0 bridgehead atoms. The maximum absolute atomic E-state index is 12.0. The molecule has 0 radical (unpaired) electrons. The Morgan fingerprint density at radius 3 is 1.90 bits per heavy atom. The summed E-state index contributed by atoms with van der Waals surface area (Å²) in [7, 11) is 4.48. The first-order valence-corrected chi connectivity index (χ1v) is 9.18. The molecule has 0 aliphatic rings. The molecule has 2 rings (SSSR count). The number of carbonyl (C=O) groups is 3. The van der Waals surface area contributed by atoms with Crippen molar-refractivity contribution < 1.29 is 33.3 Å². The van der Waals surface area contributed by atoms with Crippen molar-refractivity contribution in [3.05, 3.63) is 48.0 Å². The largest absolute Gasteiger partial charge is 0.493 e. The lowest BCUT2D eigenvalue weighted by molar-refractivity contribution is -0.142. The number of rotatable bonds is 9. The third-order valence-electron chi connectivity index (χ3n) is 3.93. The topological polar surface area (TPSA) is 112 Å². The van der Waals surface area contributed by atoms with Gasteiger partial charge in [-0.05, 0) is 48.0 Å². The fourth-order valence-corrected chi connectivity index (χ4v) is 2.58. The predicted octanol–water partition coefficient (Wildman–Crippen LogP) is 2.87. The average Bonchev–Trinajstić information content (AvgIpc) is 2.76. The molecule has 0 saturated heterocycles. The standard InChI is InChI=1S/C22H24N2O7/c1-14(25)23-16-6-8-17(9-7-16)24-20(26)13-31-21(27)10-5-15-11-18(28-2)22(30-4)19(12-15)29-3/h5-12H,13H2,1-4H3,(H,23,25)(H,24,26)/b10-5+. The van der Waals surface area contributed by atoms with Gasteiger partial charge >= 0.3 is 5.97 Å². The highest BCUT2D eigenvalue weighted by molar-refractivity contribution is 5.95. The monoisotopic (exact) mass is 428 g/mol. The second-order valence-corrected chi connectivity index (χ2v) is 6.21. The van der Waals surface area contributed by atoms with Crippen molar-refractivity contribution in [2.24, 2.45) is 0 Å². The molecule has 164 valence electrons. The van der Waals surface area contributed by atoms with Gasteiger partial charge in [0.25, 0.3) is 5.91 Å². The third-order valence-corrected chi connectivity index (χ3v) is 3.93. The van der Waals surface area contributed by atoms with E-state index in [2.05, 4.69) is 10.6 Å². The maximum atomic E-state index is 12.0. The van der Waals surface area contributed by atoms with Gasteiger partial charge in [0.05, 0.1) is 21.3 Å². The van der Waals surface area contributed by atoms with Crippen LogP contribution in [-0.2, 0) is 19.1 Å². The summed E-state index contributed by atoms with van der Waals surface area (Å²) in [5.41, 5.74) is 1.73. The van der Waals surface area contributed by atoms with E-state index in [-0.39, 0.29) is 5.91 Å². The molecule has 0 aromatic heterocycles. The van der Waals surface area contributed by atoms with Crippen molar-refractivity contribution in [3.63, 3.8) is 0 Å². The number of benzene rings is 2. The number of ether oxygens (including phenoxy) is 4. The van der Waals surface area contributed by atoms with Gasteiger partial charge in [-0.3, -0.25) is 9.59 Å². The number of carbonyl (C=O) groups excluding carboxylic acids is 3. The van der Waals surface area contributed by atoms with Crippen molar-refractivity contribution >= 4 is 35.2 Å². The van der Waals surface area contributed by atoms with Gasteiger partial charge in [-0.1, -0.05) is 0 Å². The Morgan fingerprint density at radius 2 is 1.42 bits per heavy atom. The SMILES string of the molecule is COc1cc(/C=C/C(=O)OCC(=O)Nc2ccc(NC(C)=O)cc2)cc(OC)c1OC. The fraction of sp³-hybridized carbons (Fsp3) is 0.227. The van der Waals surface area contributed by atoms with Gasteiger partial charge in [0.2, 0.25) is 11.7 Å². The molecule has 31 heavy (non-hydrogen) atoms. The van der Waals surface area contributed by atoms with E-state index in [0.29, 0.717) is 34.2 Å². The lowest BCUT2D eigenvalue weighted by Gasteiger charge is -2.12. The molecular weight excluding hydrogens is 404 g/mol. The van der Waals surface area contributed by atoms with Crippen LogP contribution in [0.2, 0.25) is 0 Å². The Labute approximate surface area is 179 Å². The number of methoxy groups -OCH3 is 3. The molecule has 0 atom stereocenters. The van der Waals surface area contributed by atoms with Gasteiger partial charge in [0, 0.05) is 24.4 Å². The quantitative estimate of drug-likeness (QED) is 0.466. The summed E-state index contributed by atoms with van der Waals surface area (Å²) in [6.45, 7) is 0.950. The Kier molecular flexibility index (Phi) is 8.44. The van der Waals surface area contributed by atoms with Crippen LogP contribution >= 0.6 is 0 Å². The highest BCUT2D eigenvalue weighted by atomic mass is 16.5. The van der Waals surface area contributed by atoms with Crippen LogP contribution in [0.5, 0.6) is 17.2 Å². The first kappa shape index (κ1) is 23.3. The molecule has 0 saturated carbocycles. The number of amides is 2. The van der Waals surface area contributed by atoms with E-state index >= 15 is 0 Å². The van der Waals surface area contributed by atoms with E-state index in [0.717, 1.165) is 0 Å². The van der Waals surface area contributed by atoms with Crippen LogP contribution in [0.3, 0.4) is 0 Å². The molecule has 0 fully saturated rings. The van der Waals surface area contributed by atoms with Crippen molar-refractivity contribution in [2.75, 3.05) is 38.6 Å². The molecule has 0 unspecified atom stereocenters. The van der Waals surface area contributed by atoms with E-state index in [9.17, 15) is 14.4 Å². The van der Waals surface area contributed by atoms with Crippen molar-refractivity contribution in [2.45, 2.75) is 6.92 Å². The maximum Gasteiger partial charge on any atom is 0.331 e. The summed E-state index contributed by atoms with van der Waals surface area (Å²) in [5.74, 6) is -0.0564. The zero-order chi connectivity index (χ0) is 22.8. The summed E-state index contributed by atoms with van der Waals surface area (Å²) in [6, 6.07) is 9.86. The number of hydrogen-bond donors (Lipinski definition) is 2. The van der Waals surface area contributed by atoms with Crippen LogP contribution in [0, 0.1) is 0 Å². The molecule has 0 heterocycles. The van der Waals surface area contributed by atoms with Gasteiger partial charge in [-0.15, -0.1) is 0 Å². The highest BCUT2D eigenvalue weighted by Crippen LogP contribution is 2.38. The third kappa shape index (κ3) is 7.07. The van der Waals surface area contributed by atoms with E-state index < -0.39 is 18.5 Å². The molecule has 0 aliphatic carbocycles. The summed E-state index contributed by atoms with van der Waals surface area (Å²) >= 11 is 0. The second-order valence-electron chi connectivity index (χ2n) is 6.21. The molecule has 0 aliphatic heterocycles. The Morgan fingerprint density at radius 1 is 0.871 bits per heavy atom. The van der Waals surface area contributed by atoms with Crippen molar-refractivity contribution in [1.82, 2.24) is 0 Å². The Hall–Kier alpha value is -4.01. The van der Waals surface area contributed by atoms with Crippen LogP contribution in [-0.4, -0.2) is 45.7 Å². The van der Waals surface area contributed by atoms with Gasteiger partial charge in [-0.25, -0.2) is 4.79 Å². The van der Waals surface area contributed by atoms with Gasteiger partial charge in [0.1, 0.15) is 0 Å². The summed E-state index contributed by atoms with van der Waals surface area (Å²) < 4.78 is 20.7. The number of anilines is 2. The van der Waals surface area contributed by atoms with Crippen LogP contribution in [0.4, 0.5) is 11.4 Å². The van der Waals surface area contributed by atoms with Crippen LogP contribution in [0.15, 0.2) is 42.5 Å². The Bertz CT molecular complexity index is 943. The molecular formula is C22H24N2O7. The first-order valence-electron chi connectivity index (χ1n) is 9.18. The first-order chi connectivity index (χ1) is 14.9. The van der Waals surface area contributed by atoms with E-state index in [1.54, 1.807) is 36.4 Å². The molecule has 2 amide bonds. The van der Waals surface area contributed by atoms with Gasteiger partial charge < -0.3 is 29.6 Å². The number of nitrogens with one attached hydrogen (secondary N) is 2. The molecule has 0 spiro atoms. The molecule has 2 aromatic carbocycles. The van der Waals surface area contributed by atoms with Gasteiger partial charge in [-0.2, -0.15) is 0 Å². The molecule has 9 heteroatoms. The molecule has 9 nitrogen and oxygen atoms in total. The normalized spacial score (nSPS) is 10.3. The summed E-state index contributed by atoms with van der Waals surface area (Å²) in [6.07, 6.45) is 2.70. The van der Waals surface area contributed by atoms with Gasteiger partial charge in [0.15, 0.2) is 18.1 Å². The fourth-order valence-electron chi connectivity index (χ4n) is 2.58. The number of esters is 1. The zero-order valence-electron chi connectivity index (χ0n) is 17.7. The average molecular weight is 428 g/mol. The molecule has 2 aromatic rings. The molecule has 2 N–H and O–H groups in total. The van der Waals surface area contributed by atoms with E-state index in [1.807, 2.05) is 0 Å². The number of hydrogen-bond acceptors (Lipinski definition) is 7.